The zero-order chi connectivity index (χ0) is 18.9. The van der Waals surface area contributed by atoms with Gasteiger partial charge in [-0.1, -0.05) is 0 Å². The Labute approximate surface area is 145 Å². The number of nitrogens with zero attached hydrogens (tertiary/aromatic N) is 1. The van der Waals surface area contributed by atoms with Crippen molar-refractivity contribution in [3.05, 3.63) is 15.8 Å². The molecule has 0 unspecified atom stereocenters. The first-order valence-electron chi connectivity index (χ1n) is 7.30. The Hall–Kier alpha value is -2.09. The summed E-state index contributed by atoms with van der Waals surface area (Å²) in [4.78, 5) is 37.0. The molecule has 0 spiro atoms. The standard InChI is InChI=1S/C16H23NO6S/c1-9-8-24-11(12(18)19)10(9)17(13(20)22-15(2,3)4)14(21)23-16(5,6)7/h8H,1-7H3,(H,18,19). The van der Waals surface area contributed by atoms with Gasteiger partial charge >= 0.3 is 18.2 Å². The molecule has 1 heterocycles. The summed E-state index contributed by atoms with van der Waals surface area (Å²) in [6, 6.07) is 0. The molecule has 0 fully saturated rings. The Morgan fingerprint density at radius 2 is 1.42 bits per heavy atom. The second-order valence-electron chi connectivity index (χ2n) is 7.20. The number of amides is 2. The van der Waals surface area contributed by atoms with E-state index in [0.29, 0.717) is 10.5 Å². The van der Waals surface area contributed by atoms with E-state index in [1.54, 1.807) is 53.8 Å². The number of thiophene rings is 1. The van der Waals surface area contributed by atoms with Crippen LogP contribution in [0.2, 0.25) is 0 Å². The summed E-state index contributed by atoms with van der Waals surface area (Å²) < 4.78 is 10.5. The molecule has 1 N–H and O–H groups in total. The van der Waals surface area contributed by atoms with Crippen molar-refractivity contribution < 1.29 is 29.0 Å². The van der Waals surface area contributed by atoms with Crippen molar-refractivity contribution >= 4 is 35.2 Å². The van der Waals surface area contributed by atoms with Crippen LogP contribution in [-0.4, -0.2) is 34.5 Å². The Balaban J connectivity index is 3.39. The number of carboxylic acids is 1. The lowest BCUT2D eigenvalue weighted by molar-refractivity contribution is 0.0430. The number of aryl methyl sites for hydroxylation is 1. The van der Waals surface area contributed by atoms with Gasteiger partial charge in [-0.25, -0.2) is 14.4 Å². The molecule has 24 heavy (non-hydrogen) atoms. The highest BCUT2D eigenvalue weighted by atomic mass is 32.1. The highest BCUT2D eigenvalue weighted by Crippen LogP contribution is 2.33. The Bertz CT molecular complexity index is 623. The Morgan fingerprint density at radius 3 is 1.75 bits per heavy atom. The third kappa shape index (κ3) is 5.23. The monoisotopic (exact) mass is 357 g/mol. The van der Waals surface area contributed by atoms with Gasteiger partial charge in [-0.2, -0.15) is 4.90 Å². The Kier molecular flexibility index (Phi) is 5.66. The largest absolute Gasteiger partial charge is 0.477 e. The number of aromatic carboxylic acids is 1. The van der Waals surface area contributed by atoms with Gasteiger partial charge in [0.25, 0.3) is 0 Å². The molecule has 0 saturated heterocycles. The topological polar surface area (TPSA) is 93.1 Å². The zero-order valence-electron chi connectivity index (χ0n) is 14.9. The van der Waals surface area contributed by atoms with Gasteiger partial charge in [0.2, 0.25) is 0 Å². The fraction of sp³-hybridized carbons (Fsp3) is 0.562. The van der Waals surface area contributed by atoms with Crippen LogP contribution in [0.3, 0.4) is 0 Å². The predicted molar refractivity (Wildman–Crippen MR) is 91.0 cm³/mol. The lowest BCUT2D eigenvalue weighted by atomic mass is 10.2. The van der Waals surface area contributed by atoms with Crippen molar-refractivity contribution in [2.75, 3.05) is 4.90 Å². The smallest absolute Gasteiger partial charge is 0.424 e. The molecule has 0 saturated carbocycles. The van der Waals surface area contributed by atoms with Crippen LogP contribution < -0.4 is 4.90 Å². The van der Waals surface area contributed by atoms with Gasteiger partial charge in [0.15, 0.2) is 0 Å². The molecule has 0 bridgehead atoms. The SMILES string of the molecule is Cc1csc(C(=O)O)c1N(C(=O)OC(C)(C)C)C(=O)OC(C)(C)C. The fourth-order valence-electron chi connectivity index (χ4n) is 1.74. The third-order valence-corrected chi connectivity index (χ3v) is 3.59. The molecule has 2 amide bonds. The van der Waals surface area contributed by atoms with Crippen LogP contribution in [0.25, 0.3) is 0 Å². The predicted octanol–water partition coefficient (Wildman–Crippen LogP) is 4.43. The average Bonchev–Trinajstić information content (AvgIpc) is 2.67. The maximum absolute atomic E-state index is 12.5. The van der Waals surface area contributed by atoms with Crippen molar-refractivity contribution in [1.82, 2.24) is 0 Å². The summed E-state index contributed by atoms with van der Waals surface area (Å²) >= 11 is 0.927. The lowest BCUT2D eigenvalue weighted by Crippen LogP contribution is -2.44. The first-order valence-corrected chi connectivity index (χ1v) is 8.18. The van der Waals surface area contributed by atoms with E-state index in [1.807, 2.05) is 0 Å². The molecular weight excluding hydrogens is 334 g/mol. The minimum absolute atomic E-state index is 0.0315. The molecule has 8 heteroatoms. The fourth-order valence-corrected chi connectivity index (χ4v) is 2.61. The van der Waals surface area contributed by atoms with Crippen molar-refractivity contribution in [3.63, 3.8) is 0 Å². The maximum atomic E-state index is 12.5. The quantitative estimate of drug-likeness (QED) is 0.841. The summed E-state index contributed by atoms with van der Waals surface area (Å²) in [6.07, 6.45) is -1.97. The molecule has 134 valence electrons. The summed E-state index contributed by atoms with van der Waals surface area (Å²) in [6.45, 7) is 11.5. The second-order valence-corrected chi connectivity index (χ2v) is 8.08. The highest BCUT2D eigenvalue weighted by molar-refractivity contribution is 7.12. The van der Waals surface area contributed by atoms with Gasteiger partial charge in [0, 0.05) is 0 Å². The first kappa shape index (κ1) is 20.0. The molecule has 0 aromatic carbocycles. The zero-order valence-corrected chi connectivity index (χ0v) is 15.7. The van der Waals surface area contributed by atoms with Crippen LogP contribution in [0.4, 0.5) is 15.3 Å². The second kappa shape index (κ2) is 6.80. The van der Waals surface area contributed by atoms with Gasteiger partial charge in [-0.3, -0.25) is 0 Å². The number of anilines is 1. The summed E-state index contributed by atoms with van der Waals surface area (Å²) in [5.41, 5.74) is -1.28. The van der Waals surface area contributed by atoms with Crippen molar-refractivity contribution in [2.45, 2.75) is 59.7 Å². The van der Waals surface area contributed by atoms with E-state index in [4.69, 9.17) is 9.47 Å². The number of imide groups is 1. The molecule has 1 aromatic heterocycles. The molecule has 0 radical (unpaired) electrons. The molecule has 0 aliphatic carbocycles. The number of hydrogen-bond donors (Lipinski definition) is 1. The number of carboxylic acid groups (broad SMARTS) is 1. The van der Waals surface area contributed by atoms with E-state index in [9.17, 15) is 19.5 Å². The van der Waals surface area contributed by atoms with Crippen LogP contribution in [0.1, 0.15) is 56.8 Å². The van der Waals surface area contributed by atoms with Gasteiger partial charge in [0.05, 0.1) is 5.69 Å². The number of hydrogen-bond acceptors (Lipinski definition) is 6. The molecule has 7 nitrogen and oxygen atoms in total. The summed E-state index contributed by atoms with van der Waals surface area (Å²) in [5.74, 6) is -1.24. The highest BCUT2D eigenvalue weighted by Gasteiger charge is 2.36. The number of carbonyl (C=O) groups is 3. The van der Waals surface area contributed by atoms with Gasteiger partial charge in [0.1, 0.15) is 16.1 Å². The number of rotatable bonds is 2. The molecule has 1 rings (SSSR count). The molecule has 1 aromatic rings. The number of carbonyl (C=O) groups excluding carboxylic acids is 2. The van der Waals surface area contributed by atoms with Crippen LogP contribution in [0.15, 0.2) is 5.38 Å². The van der Waals surface area contributed by atoms with Crippen molar-refractivity contribution in [1.29, 1.82) is 0 Å². The van der Waals surface area contributed by atoms with E-state index < -0.39 is 29.4 Å². The average molecular weight is 357 g/mol. The normalized spacial score (nSPS) is 11.8. The summed E-state index contributed by atoms with van der Waals surface area (Å²) in [5, 5.41) is 10.9. The van der Waals surface area contributed by atoms with E-state index in [1.165, 1.54) is 0 Å². The molecule has 0 aliphatic heterocycles. The van der Waals surface area contributed by atoms with E-state index in [2.05, 4.69) is 0 Å². The number of ether oxygens (including phenoxy) is 2. The molecule has 0 aliphatic rings. The lowest BCUT2D eigenvalue weighted by Gasteiger charge is -2.28. The van der Waals surface area contributed by atoms with Crippen LogP contribution in [-0.2, 0) is 9.47 Å². The molecular formula is C16H23NO6S. The van der Waals surface area contributed by atoms with Crippen LogP contribution in [0.5, 0.6) is 0 Å². The van der Waals surface area contributed by atoms with E-state index in [-0.39, 0.29) is 10.6 Å². The minimum atomic E-state index is -1.24. The van der Waals surface area contributed by atoms with Gasteiger partial charge in [-0.15, -0.1) is 11.3 Å². The van der Waals surface area contributed by atoms with Gasteiger partial charge < -0.3 is 14.6 Å². The maximum Gasteiger partial charge on any atom is 0.424 e. The Morgan fingerprint density at radius 1 is 1.00 bits per heavy atom. The van der Waals surface area contributed by atoms with Gasteiger partial charge in [-0.05, 0) is 59.4 Å². The van der Waals surface area contributed by atoms with E-state index >= 15 is 0 Å². The van der Waals surface area contributed by atoms with E-state index in [0.717, 1.165) is 11.3 Å². The summed E-state index contributed by atoms with van der Waals surface area (Å²) in [7, 11) is 0. The van der Waals surface area contributed by atoms with Crippen molar-refractivity contribution in [3.8, 4) is 0 Å². The molecule has 0 atom stereocenters. The first-order chi connectivity index (χ1) is 10.7. The minimum Gasteiger partial charge on any atom is -0.477 e. The van der Waals surface area contributed by atoms with Crippen LogP contribution in [0, 0.1) is 6.92 Å². The van der Waals surface area contributed by atoms with Crippen molar-refractivity contribution in [2.24, 2.45) is 0 Å². The van der Waals surface area contributed by atoms with Crippen LogP contribution >= 0.6 is 11.3 Å². The third-order valence-electron chi connectivity index (χ3n) is 2.51.